The highest BCUT2D eigenvalue weighted by molar-refractivity contribution is 6.45. The maximum Gasteiger partial charge on any atom is 0.417 e. The van der Waals surface area contributed by atoms with Gasteiger partial charge in [-0.15, -0.1) is 0 Å². The summed E-state index contributed by atoms with van der Waals surface area (Å²) in [4.78, 5) is 3.85. The number of aromatic nitrogens is 1. The van der Waals surface area contributed by atoms with Crippen LogP contribution in [0.15, 0.2) is 30.5 Å². The van der Waals surface area contributed by atoms with E-state index in [1.807, 2.05) is 0 Å². The van der Waals surface area contributed by atoms with Crippen molar-refractivity contribution in [3.05, 3.63) is 51.1 Å². The molecule has 0 unspecified atom stereocenters. The smallest absolute Gasteiger partial charge is 0.417 e. The van der Waals surface area contributed by atoms with Crippen molar-refractivity contribution < 1.29 is 17.9 Å². The van der Waals surface area contributed by atoms with Crippen molar-refractivity contribution in [3.8, 4) is 11.6 Å². The summed E-state index contributed by atoms with van der Waals surface area (Å²) >= 11 is 17.2. The lowest BCUT2D eigenvalue weighted by Gasteiger charge is -2.14. The molecule has 0 amide bonds. The number of pyridine rings is 1. The average molecular weight is 343 g/mol. The quantitative estimate of drug-likeness (QED) is 0.638. The van der Waals surface area contributed by atoms with E-state index in [0.717, 1.165) is 0 Å². The molecule has 0 fully saturated rings. The van der Waals surface area contributed by atoms with Gasteiger partial charge in [0, 0.05) is 12.3 Å². The van der Waals surface area contributed by atoms with Gasteiger partial charge in [0.25, 0.3) is 0 Å². The number of ether oxygens (including phenoxy) is 1. The summed E-state index contributed by atoms with van der Waals surface area (Å²) in [5.74, 6) is -0.0443. The Morgan fingerprint density at radius 1 is 1.05 bits per heavy atom. The summed E-state index contributed by atoms with van der Waals surface area (Å²) in [7, 11) is 0. The van der Waals surface area contributed by atoms with E-state index in [0.29, 0.717) is 6.07 Å². The van der Waals surface area contributed by atoms with Crippen LogP contribution in [-0.4, -0.2) is 4.98 Å². The van der Waals surface area contributed by atoms with Crippen LogP contribution in [0, 0.1) is 0 Å². The van der Waals surface area contributed by atoms with Crippen molar-refractivity contribution in [1.29, 1.82) is 0 Å². The van der Waals surface area contributed by atoms with Gasteiger partial charge in [0.1, 0.15) is 5.02 Å². The summed E-state index contributed by atoms with van der Waals surface area (Å²) in [6.07, 6.45) is -3.21. The molecule has 2 aromatic rings. The van der Waals surface area contributed by atoms with E-state index in [4.69, 9.17) is 39.5 Å². The second kappa shape index (κ2) is 5.68. The molecule has 8 heteroatoms. The number of hydrogen-bond acceptors (Lipinski definition) is 2. The Labute approximate surface area is 127 Å². The van der Waals surface area contributed by atoms with Gasteiger partial charge in [-0.05, 0) is 12.1 Å². The molecule has 20 heavy (non-hydrogen) atoms. The van der Waals surface area contributed by atoms with Gasteiger partial charge in [0.2, 0.25) is 5.88 Å². The highest BCUT2D eigenvalue weighted by Crippen LogP contribution is 2.46. The van der Waals surface area contributed by atoms with Gasteiger partial charge in [-0.3, -0.25) is 0 Å². The summed E-state index contributed by atoms with van der Waals surface area (Å²) in [5, 5.41) is -1.40. The van der Waals surface area contributed by atoms with Gasteiger partial charge in [-0.1, -0.05) is 40.9 Å². The molecule has 0 spiro atoms. The van der Waals surface area contributed by atoms with E-state index in [1.165, 1.54) is 12.3 Å². The highest BCUT2D eigenvalue weighted by Gasteiger charge is 2.36. The van der Waals surface area contributed by atoms with Crippen molar-refractivity contribution in [2.75, 3.05) is 0 Å². The van der Waals surface area contributed by atoms with Gasteiger partial charge in [-0.25, -0.2) is 4.98 Å². The summed E-state index contributed by atoms with van der Waals surface area (Å²) in [6.45, 7) is 0. The molecular weight excluding hydrogens is 337 g/mol. The molecule has 0 aliphatic rings. The molecule has 2 nitrogen and oxygen atoms in total. The summed E-state index contributed by atoms with van der Waals surface area (Å²) in [6, 6.07) is 5.44. The molecule has 0 aliphatic carbocycles. The Kier molecular flexibility index (Phi) is 4.32. The molecule has 1 heterocycles. The Bertz CT molecular complexity index is 632. The Hall–Kier alpha value is -1.17. The maximum atomic E-state index is 12.7. The standard InChI is InChI=1S/C12H5Cl3F3NO/c13-7-5-6(12(16,17)18)9(14)10(15)11(7)20-8-3-1-2-4-19-8/h1-5H. The first-order chi connectivity index (χ1) is 9.30. The second-order valence-corrected chi connectivity index (χ2v) is 4.79. The molecule has 0 aliphatic heterocycles. The average Bonchev–Trinajstić information content (AvgIpc) is 2.39. The van der Waals surface area contributed by atoms with E-state index >= 15 is 0 Å². The fourth-order valence-corrected chi connectivity index (χ4v) is 2.17. The zero-order chi connectivity index (χ0) is 14.9. The lowest BCUT2D eigenvalue weighted by molar-refractivity contribution is -0.137. The number of benzene rings is 1. The molecule has 0 atom stereocenters. The molecule has 1 aromatic carbocycles. The minimum atomic E-state index is -4.66. The minimum Gasteiger partial charge on any atom is -0.436 e. The molecule has 1 aromatic heterocycles. The first-order valence-corrected chi connectivity index (χ1v) is 6.27. The molecule has 0 N–H and O–H groups in total. The fourth-order valence-electron chi connectivity index (χ4n) is 1.39. The van der Waals surface area contributed by atoms with E-state index < -0.39 is 21.8 Å². The topological polar surface area (TPSA) is 22.1 Å². The van der Waals surface area contributed by atoms with Crippen LogP contribution < -0.4 is 4.74 Å². The van der Waals surface area contributed by atoms with Crippen LogP contribution in [0.3, 0.4) is 0 Å². The van der Waals surface area contributed by atoms with Crippen LogP contribution in [-0.2, 0) is 6.18 Å². The third kappa shape index (κ3) is 3.11. The first-order valence-electron chi connectivity index (χ1n) is 5.14. The largest absolute Gasteiger partial charge is 0.436 e. The summed E-state index contributed by atoms with van der Waals surface area (Å²) < 4.78 is 43.4. The van der Waals surface area contributed by atoms with Crippen molar-refractivity contribution in [3.63, 3.8) is 0 Å². The first kappa shape index (κ1) is 15.2. The van der Waals surface area contributed by atoms with E-state index in [-0.39, 0.29) is 16.7 Å². The number of rotatable bonds is 2. The van der Waals surface area contributed by atoms with Crippen molar-refractivity contribution in [2.45, 2.75) is 6.18 Å². The van der Waals surface area contributed by atoms with Gasteiger partial charge >= 0.3 is 6.18 Å². The lowest BCUT2D eigenvalue weighted by atomic mass is 10.2. The Balaban J connectivity index is 2.49. The Morgan fingerprint density at radius 3 is 2.30 bits per heavy atom. The van der Waals surface area contributed by atoms with Crippen LogP contribution >= 0.6 is 34.8 Å². The van der Waals surface area contributed by atoms with Crippen molar-refractivity contribution >= 4 is 34.8 Å². The van der Waals surface area contributed by atoms with E-state index in [9.17, 15) is 13.2 Å². The van der Waals surface area contributed by atoms with Crippen LogP contribution in [0.5, 0.6) is 11.6 Å². The van der Waals surface area contributed by atoms with Crippen LogP contribution in [0.2, 0.25) is 15.1 Å². The summed E-state index contributed by atoms with van der Waals surface area (Å²) in [5.41, 5.74) is -1.12. The van der Waals surface area contributed by atoms with E-state index in [2.05, 4.69) is 4.98 Å². The van der Waals surface area contributed by atoms with Gasteiger partial charge in [-0.2, -0.15) is 13.2 Å². The number of nitrogens with zero attached hydrogens (tertiary/aromatic N) is 1. The number of hydrogen-bond donors (Lipinski definition) is 0. The molecule has 0 saturated carbocycles. The molecule has 2 rings (SSSR count). The highest BCUT2D eigenvalue weighted by atomic mass is 35.5. The SMILES string of the molecule is FC(F)(F)c1cc(Cl)c(Oc2ccccn2)c(Cl)c1Cl. The predicted octanol–water partition coefficient (Wildman–Crippen LogP) is 5.85. The predicted molar refractivity (Wildman–Crippen MR) is 70.8 cm³/mol. The Morgan fingerprint density at radius 2 is 1.75 bits per heavy atom. The lowest BCUT2D eigenvalue weighted by Crippen LogP contribution is -2.06. The second-order valence-electron chi connectivity index (χ2n) is 3.63. The molecule has 0 saturated heterocycles. The zero-order valence-electron chi connectivity index (χ0n) is 9.51. The third-order valence-electron chi connectivity index (χ3n) is 2.27. The maximum absolute atomic E-state index is 12.7. The molecule has 0 bridgehead atoms. The van der Waals surface area contributed by atoms with Gasteiger partial charge in [0.15, 0.2) is 5.75 Å². The number of alkyl halides is 3. The van der Waals surface area contributed by atoms with Crippen LogP contribution in [0.4, 0.5) is 13.2 Å². The van der Waals surface area contributed by atoms with Crippen molar-refractivity contribution in [2.24, 2.45) is 0 Å². The fraction of sp³-hybridized carbons (Fsp3) is 0.0833. The van der Waals surface area contributed by atoms with Crippen molar-refractivity contribution in [1.82, 2.24) is 4.98 Å². The van der Waals surface area contributed by atoms with E-state index in [1.54, 1.807) is 12.1 Å². The monoisotopic (exact) mass is 341 g/mol. The minimum absolute atomic E-state index is 0.132. The van der Waals surface area contributed by atoms with Gasteiger partial charge < -0.3 is 4.74 Å². The molecular formula is C12H5Cl3F3NO. The third-order valence-corrected chi connectivity index (χ3v) is 3.40. The molecule has 0 radical (unpaired) electrons. The molecule has 106 valence electrons. The number of halogens is 6. The van der Waals surface area contributed by atoms with Crippen LogP contribution in [0.25, 0.3) is 0 Å². The van der Waals surface area contributed by atoms with Gasteiger partial charge in [0.05, 0.1) is 15.6 Å². The van der Waals surface area contributed by atoms with Crippen LogP contribution in [0.1, 0.15) is 5.56 Å². The zero-order valence-corrected chi connectivity index (χ0v) is 11.8. The normalized spacial score (nSPS) is 11.5.